The van der Waals surface area contributed by atoms with Crippen LogP contribution in [0, 0.1) is 13.8 Å². The fourth-order valence-corrected chi connectivity index (χ4v) is 3.65. The number of esters is 1. The average molecular weight is 398 g/mol. The molecule has 0 unspecified atom stereocenters. The first-order valence-corrected chi connectivity index (χ1v) is 9.77. The lowest BCUT2D eigenvalue weighted by molar-refractivity contribution is -0.149. The predicted molar refractivity (Wildman–Crippen MR) is 109 cm³/mol. The smallest absolute Gasteiger partial charge is 0.326 e. The second-order valence-corrected chi connectivity index (χ2v) is 7.87. The second kappa shape index (κ2) is 8.06. The van der Waals surface area contributed by atoms with Gasteiger partial charge in [0.25, 0.3) is 11.1 Å². The van der Waals surface area contributed by atoms with Gasteiger partial charge in [0.2, 0.25) is 0 Å². The van der Waals surface area contributed by atoms with Crippen LogP contribution in [0.3, 0.4) is 0 Å². The van der Waals surface area contributed by atoms with Crippen LogP contribution in [-0.2, 0) is 14.3 Å². The molecule has 1 fully saturated rings. The lowest BCUT2D eigenvalue weighted by atomic mass is 10.1. The summed E-state index contributed by atoms with van der Waals surface area (Å²) in [6, 6.07) is 9.87. The van der Waals surface area contributed by atoms with E-state index in [2.05, 4.69) is 13.0 Å². The molecule has 1 aromatic heterocycles. The van der Waals surface area contributed by atoms with Gasteiger partial charge in [-0.3, -0.25) is 19.3 Å². The Morgan fingerprint density at radius 1 is 1.18 bits per heavy atom. The Morgan fingerprint density at radius 3 is 2.61 bits per heavy atom. The van der Waals surface area contributed by atoms with Crippen molar-refractivity contribution >= 4 is 35.0 Å². The molecular weight excluding hydrogens is 376 g/mol. The van der Waals surface area contributed by atoms with E-state index in [1.54, 1.807) is 19.9 Å². The maximum atomic E-state index is 12.6. The molecule has 0 bridgehead atoms. The summed E-state index contributed by atoms with van der Waals surface area (Å²) in [7, 11) is 0. The molecule has 2 heterocycles. The summed E-state index contributed by atoms with van der Waals surface area (Å²) in [4.78, 5) is 37.8. The fraction of sp³-hybridized carbons (Fsp3) is 0.286. The first kappa shape index (κ1) is 19.9. The Balaban J connectivity index is 1.84. The first-order chi connectivity index (χ1) is 13.3. The molecule has 2 aromatic rings. The number of benzene rings is 1. The van der Waals surface area contributed by atoms with Gasteiger partial charge in [0.05, 0.1) is 11.0 Å². The highest BCUT2D eigenvalue weighted by molar-refractivity contribution is 8.18. The summed E-state index contributed by atoms with van der Waals surface area (Å²) in [5.41, 5.74) is 4.12. The zero-order valence-electron chi connectivity index (χ0n) is 16.3. The third-order valence-electron chi connectivity index (χ3n) is 4.36. The number of carbonyl (C=O) groups excluding carboxylic acids is 3. The van der Waals surface area contributed by atoms with Crippen molar-refractivity contribution < 1.29 is 19.1 Å². The zero-order chi connectivity index (χ0) is 20.4. The molecule has 1 aliphatic rings. The Morgan fingerprint density at radius 2 is 1.93 bits per heavy atom. The quantitative estimate of drug-likeness (QED) is 0.561. The number of aromatic nitrogens is 1. The normalized spacial score (nSPS) is 15.8. The van der Waals surface area contributed by atoms with Gasteiger partial charge in [-0.2, -0.15) is 0 Å². The van der Waals surface area contributed by atoms with Crippen LogP contribution >= 0.6 is 11.8 Å². The number of nitrogens with zero attached hydrogens (tertiary/aromatic N) is 2. The Labute approximate surface area is 168 Å². The molecule has 0 atom stereocenters. The Bertz CT molecular complexity index is 975. The van der Waals surface area contributed by atoms with Crippen LogP contribution in [0.15, 0.2) is 41.4 Å². The summed E-state index contributed by atoms with van der Waals surface area (Å²) >= 11 is 0.828. The number of ether oxygens (including phenoxy) is 1. The summed E-state index contributed by atoms with van der Waals surface area (Å²) in [6.45, 7) is 7.15. The van der Waals surface area contributed by atoms with Gasteiger partial charge >= 0.3 is 5.97 Å². The number of thioether (sulfide) groups is 1. The lowest BCUT2D eigenvalue weighted by Crippen LogP contribution is -2.35. The Hall–Kier alpha value is -2.80. The maximum Gasteiger partial charge on any atom is 0.326 e. The topological polar surface area (TPSA) is 68.6 Å². The molecule has 1 aliphatic heterocycles. The molecule has 0 N–H and O–H groups in total. The van der Waals surface area contributed by atoms with E-state index in [1.165, 1.54) is 11.1 Å². The molecule has 146 valence electrons. The van der Waals surface area contributed by atoms with Gasteiger partial charge in [-0.05, 0) is 80.9 Å². The lowest BCUT2D eigenvalue weighted by Gasteiger charge is -2.13. The summed E-state index contributed by atoms with van der Waals surface area (Å²) in [5, 5.41) is -0.471. The van der Waals surface area contributed by atoms with Gasteiger partial charge in [0, 0.05) is 17.6 Å². The Kier molecular flexibility index (Phi) is 5.74. The van der Waals surface area contributed by atoms with Crippen molar-refractivity contribution in [3.8, 4) is 5.69 Å². The van der Waals surface area contributed by atoms with Gasteiger partial charge in [-0.25, -0.2) is 0 Å². The summed E-state index contributed by atoms with van der Waals surface area (Å²) in [6.07, 6.45) is 3.28. The van der Waals surface area contributed by atoms with Crippen LogP contribution in [0.2, 0.25) is 0 Å². The van der Waals surface area contributed by atoms with Crippen molar-refractivity contribution in [1.29, 1.82) is 0 Å². The number of aryl methyl sites for hydroxylation is 2. The van der Waals surface area contributed by atoms with Crippen molar-refractivity contribution in [3.63, 3.8) is 0 Å². The largest absolute Gasteiger partial charge is 0.462 e. The molecule has 28 heavy (non-hydrogen) atoms. The standard InChI is InChI=1S/C21H22N2O4S/c1-13(2)27-19(24)12-23-20(25)18(28-21(23)26)11-16-6-5-9-22(16)17-8-7-14(3)15(4)10-17/h5-11,13H,12H2,1-4H3/b18-11-. The van der Waals surface area contributed by atoms with Gasteiger partial charge in [0.15, 0.2) is 0 Å². The third kappa shape index (κ3) is 4.20. The van der Waals surface area contributed by atoms with E-state index in [9.17, 15) is 14.4 Å². The molecule has 7 heteroatoms. The van der Waals surface area contributed by atoms with Gasteiger partial charge in [-0.1, -0.05) is 6.07 Å². The highest BCUT2D eigenvalue weighted by atomic mass is 32.2. The first-order valence-electron chi connectivity index (χ1n) is 8.96. The minimum Gasteiger partial charge on any atom is -0.462 e. The molecule has 1 saturated heterocycles. The maximum absolute atomic E-state index is 12.6. The number of rotatable bonds is 5. The van der Waals surface area contributed by atoms with Crippen LogP contribution < -0.4 is 0 Å². The SMILES string of the molecule is Cc1ccc(-n2cccc2/C=C2\SC(=O)N(CC(=O)OC(C)C)C2=O)cc1C. The highest BCUT2D eigenvalue weighted by Gasteiger charge is 2.37. The van der Waals surface area contributed by atoms with Crippen molar-refractivity contribution in [2.24, 2.45) is 0 Å². The molecule has 0 saturated carbocycles. The molecule has 0 spiro atoms. The van der Waals surface area contributed by atoms with Crippen LogP contribution in [0.5, 0.6) is 0 Å². The number of hydrogen-bond acceptors (Lipinski definition) is 5. The van der Waals surface area contributed by atoms with Gasteiger partial charge < -0.3 is 9.30 Å². The van der Waals surface area contributed by atoms with Gasteiger partial charge in [0.1, 0.15) is 6.54 Å². The molecule has 0 aliphatic carbocycles. The summed E-state index contributed by atoms with van der Waals surface area (Å²) < 4.78 is 6.98. The molecule has 3 rings (SSSR count). The number of amides is 2. The molecule has 1 aromatic carbocycles. The minimum absolute atomic E-state index is 0.283. The van der Waals surface area contributed by atoms with E-state index >= 15 is 0 Å². The van der Waals surface area contributed by atoms with Crippen molar-refractivity contribution in [1.82, 2.24) is 9.47 Å². The van der Waals surface area contributed by atoms with Crippen LogP contribution in [0.4, 0.5) is 4.79 Å². The van der Waals surface area contributed by atoms with E-state index in [-0.39, 0.29) is 17.6 Å². The monoisotopic (exact) mass is 398 g/mol. The van der Waals surface area contributed by atoms with Crippen LogP contribution in [0.25, 0.3) is 11.8 Å². The van der Waals surface area contributed by atoms with Crippen molar-refractivity contribution in [2.75, 3.05) is 6.54 Å². The molecule has 2 amide bonds. The van der Waals surface area contributed by atoms with E-state index in [1.807, 2.05) is 42.0 Å². The molecular formula is C21H22N2O4S. The number of hydrogen-bond donors (Lipinski definition) is 0. The fourth-order valence-electron chi connectivity index (χ4n) is 2.82. The van der Waals surface area contributed by atoms with Crippen LogP contribution in [0.1, 0.15) is 30.7 Å². The number of imide groups is 1. The van der Waals surface area contributed by atoms with E-state index in [0.29, 0.717) is 0 Å². The van der Waals surface area contributed by atoms with Crippen LogP contribution in [-0.4, -0.2) is 39.2 Å². The molecule has 0 radical (unpaired) electrons. The average Bonchev–Trinajstić information content (AvgIpc) is 3.17. The number of carbonyl (C=O) groups is 3. The van der Waals surface area contributed by atoms with E-state index in [0.717, 1.165) is 28.0 Å². The van der Waals surface area contributed by atoms with E-state index < -0.39 is 17.1 Å². The predicted octanol–water partition coefficient (Wildman–Crippen LogP) is 4.08. The second-order valence-electron chi connectivity index (χ2n) is 6.88. The van der Waals surface area contributed by atoms with Crippen molar-refractivity contribution in [2.45, 2.75) is 33.8 Å². The van der Waals surface area contributed by atoms with Crippen molar-refractivity contribution in [3.05, 3.63) is 58.3 Å². The van der Waals surface area contributed by atoms with Gasteiger partial charge in [-0.15, -0.1) is 0 Å². The zero-order valence-corrected chi connectivity index (χ0v) is 17.1. The highest BCUT2D eigenvalue weighted by Crippen LogP contribution is 2.32. The summed E-state index contributed by atoms with van der Waals surface area (Å²) in [5.74, 6) is -1.08. The third-order valence-corrected chi connectivity index (χ3v) is 5.26. The molecule has 6 nitrogen and oxygen atoms in total. The van der Waals surface area contributed by atoms with E-state index in [4.69, 9.17) is 4.74 Å². The minimum atomic E-state index is -0.600.